The summed E-state index contributed by atoms with van der Waals surface area (Å²) in [6.07, 6.45) is 0.452. The van der Waals surface area contributed by atoms with Crippen LogP contribution in [0.1, 0.15) is 29.3 Å². The first-order valence-electron chi connectivity index (χ1n) is 8.89. The normalized spacial score (nSPS) is 12.3. The van der Waals surface area contributed by atoms with E-state index in [2.05, 4.69) is 4.98 Å². The molecule has 1 N–H and O–H groups in total. The second-order valence-electron chi connectivity index (χ2n) is 6.44. The number of thioether (sulfide) groups is 1. The zero-order chi connectivity index (χ0) is 19.4. The second-order valence-corrected chi connectivity index (χ2v) is 7.74. The summed E-state index contributed by atoms with van der Waals surface area (Å²) in [5.41, 5.74) is 2.21. The summed E-state index contributed by atoms with van der Waals surface area (Å²) in [5, 5.41) is 9.82. The van der Waals surface area contributed by atoms with Gasteiger partial charge in [-0.3, -0.25) is 14.2 Å². The third kappa shape index (κ3) is 4.28. The van der Waals surface area contributed by atoms with E-state index in [1.54, 1.807) is 22.8 Å². The Balaban J connectivity index is 1.95. The summed E-state index contributed by atoms with van der Waals surface area (Å²) >= 11 is 1.28. The van der Waals surface area contributed by atoms with Gasteiger partial charge < -0.3 is 5.11 Å². The summed E-state index contributed by atoms with van der Waals surface area (Å²) in [7, 11) is 0. The van der Waals surface area contributed by atoms with Crippen LogP contribution in [0.15, 0.2) is 58.5 Å². The lowest BCUT2D eigenvalue weighted by Crippen LogP contribution is -2.25. The molecular formula is C21H22N2O3S. The van der Waals surface area contributed by atoms with Crippen LogP contribution in [-0.4, -0.2) is 32.3 Å². The number of aromatic nitrogens is 2. The standard InChI is InChI=1S/C21H22N2O3S/c1-14-8-10-16(11-9-14)19(25)15(2)27-21-22-18-7-4-3-6-17(18)20(26)23(21)12-5-13-24/h3-4,6-11,15,24H,5,12-13H2,1-2H3. The van der Waals surface area contributed by atoms with Gasteiger partial charge in [-0.15, -0.1) is 0 Å². The Morgan fingerprint density at radius 2 is 1.89 bits per heavy atom. The number of rotatable bonds is 7. The van der Waals surface area contributed by atoms with Crippen molar-refractivity contribution >= 4 is 28.4 Å². The van der Waals surface area contributed by atoms with E-state index in [0.717, 1.165) is 5.56 Å². The number of hydrogen-bond acceptors (Lipinski definition) is 5. The fourth-order valence-electron chi connectivity index (χ4n) is 2.83. The summed E-state index contributed by atoms with van der Waals surface area (Å²) in [4.78, 5) is 30.2. The van der Waals surface area contributed by atoms with Crippen molar-refractivity contribution in [2.24, 2.45) is 0 Å². The third-order valence-electron chi connectivity index (χ3n) is 4.35. The molecule has 2 aromatic carbocycles. The minimum atomic E-state index is -0.388. The van der Waals surface area contributed by atoms with Crippen LogP contribution in [0.4, 0.5) is 0 Å². The van der Waals surface area contributed by atoms with Crippen molar-refractivity contribution in [1.29, 1.82) is 0 Å². The second kappa shape index (κ2) is 8.50. The number of aliphatic hydroxyl groups is 1. The van der Waals surface area contributed by atoms with Crippen LogP contribution in [0, 0.1) is 6.92 Å². The molecule has 0 aliphatic rings. The van der Waals surface area contributed by atoms with Crippen molar-refractivity contribution in [1.82, 2.24) is 9.55 Å². The molecule has 5 nitrogen and oxygen atoms in total. The van der Waals surface area contributed by atoms with Gasteiger partial charge in [0.15, 0.2) is 10.9 Å². The highest BCUT2D eigenvalue weighted by Gasteiger charge is 2.20. The van der Waals surface area contributed by atoms with Gasteiger partial charge >= 0.3 is 0 Å². The highest BCUT2D eigenvalue weighted by Crippen LogP contribution is 2.25. The van der Waals surface area contributed by atoms with Gasteiger partial charge in [0.25, 0.3) is 5.56 Å². The molecule has 3 rings (SSSR count). The molecule has 6 heteroatoms. The molecular weight excluding hydrogens is 360 g/mol. The third-order valence-corrected chi connectivity index (χ3v) is 5.44. The van der Waals surface area contributed by atoms with Crippen LogP contribution in [0.5, 0.6) is 0 Å². The minimum absolute atomic E-state index is 0.00360. The predicted molar refractivity (Wildman–Crippen MR) is 109 cm³/mol. The number of benzene rings is 2. The van der Waals surface area contributed by atoms with E-state index in [0.29, 0.717) is 34.6 Å². The smallest absolute Gasteiger partial charge is 0.262 e. The lowest BCUT2D eigenvalue weighted by atomic mass is 10.1. The van der Waals surface area contributed by atoms with Crippen molar-refractivity contribution in [2.45, 2.75) is 37.2 Å². The Morgan fingerprint density at radius 1 is 1.19 bits per heavy atom. The van der Waals surface area contributed by atoms with E-state index >= 15 is 0 Å². The highest BCUT2D eigenvalue weighted by atomic mass is 32.2. The first-order valence-corrected chi connectivity index (χ1v) is 9.77. The molecule has 3 aromatic rings. The van der Waals surface area contributed by atoms with Crippen molar-refractivity contribution in [3.63, 3.8) is 0 Å². The topological polar surface area (TPSA) is 72.2 Å². The summed E-state index contributed by atoms with van der Waals surface area (Å²) < 4.78 is 1.56. The van der Waals surface area contributed by atoms with Gasteiger partial charge in [-0.1, -0.05) is 53.7 Å². The fourth-order valence-corrected chi connectivity index (χ4v) is 3.84. The molecule has 1 aromatic heterocycles. The maximum Gasteiger partial charge on any atom is 0.262 e. The maximum atomic E-state index is 12.9. The van der Waals surface area contributed by atoms with E-state index in [-0.39, 0.29) is 23.2 Å². The molecule has 0 amide bonds. The molecule has 1 heterocycles. The Labute approximate surface area is 162 Å². The zero-order valence-electron chi connectivity index (χ0n) is 15.4. The summed E-state index contributed by atoms with van der Waals surface area (Å²) in [6.45, 7) is 4.15. The molecule has 0 saturated heterocycles. The van der Waals surface area contributed by atoms with Gasteiger partial charge in [0.05, 0.1) is 16.2 Å². The first kappa shape index (κ1) is 19.3. The van der Waals surface area contributed by atoms with Crippen molar-refractivity contribution in [3.05, 3.63) is 70.0 Å². The molecule has 0 fully saturated rings. The number of aliphatic hydroxyl groups excluding tert-OH is 1. The predicted octanol–water partition coefficient (Wildman–Crippen LogP) is 3.45. The molecule has 1 atom stereocenters. The number of ketones is 1. The number of hydrogen-bond donors (Lipinski definition) is 1. The van der Waals surface area contributed by atoms with E-state index < -0.39 is 0 Å². The molecule has 0 spiro atoms. The number of Topliss-reactive ketones (excluding diaryl/α,β-unsaturated/α-hetero) is 1. The Kier molecular flexibility index (Phi) is 6.08. The quantitative estimate of drug-likeness (QED) is 0.385. The fraction of sp³-hybridized carbons (Fsp3) is 0.286. The Morgan fingerprint density at radius 3 is 2.59 bits per heavy atom. The van der Waals surface area contributed by atoms with E-state index in [4.69, 9.17) is 5.11 Å². The number of aryl methyl sites for hydroxylation is 1. The number of fused-ring (bicyclic) bond motifs is 1. The van der Waals surface area contributed by atoms with Crippen LogP contribution in [0.3, 0.4) is 0 Å². The van der Waals surface area contributed by atoms with Gasteiger partial charge in [0.2, 0.25) is 0 Å². The zero-order valence-corrected chi connectivity index (χ0v) is 16.2. The van der Waals surface area contributed by atoms with Gasteiger partial charge in [0, 0.05) is 18.7 Å². The first-order chi connectivity index (χ1) is 13.0. The number of carbonyl (C=O) groups excluding carboxylic acids is 1. The molecule has 27 heavy (non-hydrogen) atoms. The number of para-hydroxylation sites is 1. The average molecular weight is 382 g/mol. The van der Waals surface area contributed by atoms with Crippen molar-refractivity contribution in [3.8, 4) is 0 Å². The van der Waals surface area contributed by atoms with Crippen molar-refractivity contribution in [2.75, 3.05) is 6.61 Å². The van der Waals surface area contributed by atoms with E-state index in [1.165, 1.54) is 11.8 Å². The molecule has 140 valence electrons. The highest BCUT2D eigenvalue weighted by molar-refractivity contribution is 8.00. The molecule has 0 radical (unpaired) electrons. The molecule has 0 bridgehead atoms. The van der Waals surface area contributed by atoms with Crippen LogP contribution in [0.2, 0.25) is 0 Å². The minimum Gasteiger partial charge on any atom is -0.396 e. The van der Waals surface area contributed by atoms with Gasteiger partial charge in [-0.2, -0.15) is 0 Å². The molecule has 0 saturated carbocycles. The number of nitrogens with zero attached hydrogens (tertiary/aromatic N) is 2. The Bertz CT molecular complexity index is 1010. The van der Waals surface area contributed by atoms with Crippen LogP contribution < -0.4 is 5.56 Å². The SMILES string of the molecule is Cc1ccc(C(=O)C(C)Sc2nc3ccccc3c(=O)n2CCCO)cc1. The van der Waals surface area contributed by atoms with Crippen LogP contribution >= 0.6 is 11.8 Å². The Hall–Kier alpha value is -2.44. The largest absolute Gasteiger partial charge is 0.396 e. The summed E-state index contributed by atoms with van der Waals surface area (Å²) in [6, 6.07) is 14.6. The van der Waals surface area contributed by atoms with Gasteiger partial charge in [0.1, 0.15) is 0 Å². The lowest BCUT2D eigenvalue weighted by Gasteiger charge is -2.15. The van der Waals surface area contributed by atoms with E-state index in [1.807, 2.05) is 44.2 Å². The summed E-state index contributed by atoms with van der Waals surface area (Å²) in [5.74, 6) is -0.00360. The number of carbonyl (C=O) groups is 1. The van der Waals surface area contributed by atoms with Crippen molar-refractivity contribution < 1.29 is 9.90 Å². The monoisotopic (exact) mass is 382 g/mol. The molecule has 0 aliphatic heterocycles. The average Bonchev–Trinajstić information content (AvgIpc) is 2.68. The van der Waals surface area contributed by atoms with Gasteiger partial charge in [-0.05, 0) is 32.4 Å². The van der Waals surface area contributed by atoms with Gasteiger partial charge in [-0.25, -0.2) is 4.98 Å². The van der Waals surface area contributed by atoms with Crippen LogP contribution in [-0.2, 0) is 6.54 Å². The molecule has 1 unspecified atom stereocenters. The molecule has 0 aliphatic carbocycles. The van der Waals surface area contributed by atoms with Crippen LogP contribution in [0.25, 0.3) is 10.9 Å². The maximum absolute atomic E-state index is 12.9. The van der Waals surface area contributed by atoms with E-state index in [9.17, 15) is 9.59 Å². The lowest BCUT2D eigenvalue weighted by molar-refractivity contribution is 0.0994.